The SMILES string of the molecule is COCC(C)n1c(C)cc(C(=O)CN2C(=O)NC(Cc3ccccc3)(c3ccccc3)C2=O)c1C. The van der Waals surface area contributed by atoms with E-state index in [1.165, 1.54) is 0 Å². The number of amides is 3. The molecule has 7 nitrogen and oxygen atoms in total. The monoisotopic (exact) mass is 473 g/mol. The number of rotatable bonds is 9. The maximum atomic E-state index is 13.8. The van der Waals surface area contributed by atoms with Crippen LogP contribution in [0.25, 0.3) is 0 Å². The molecule has 2 unspecified atom stereocenters. The van der Waals surface area contributed by atoms with Crippen LogP contribution in [-0.2, 0) is 21.5 Å². The first-order valence-electron chi connectivity index (χ1n) is 11.7. The Morgan fingerprint density at radius 3 is 2.29 bits per heavy atom. The summed E-state index contributed by atoms with van der Waals surface area (Å²) in [5.74, 6) is -0.700. The van der Waals surface area contributed by atoms with Crippen LogP contribution in [0.3, 0.4) is 0 Å². The smallest absolute Gasteiger partial charge is 0.325 e. The molecule has 182 valence electrons. The molecular formula is C28H31N3O4. The molecule has 0 aliphatic carbocycles. The highest BCUT2D eigenvalue weighted by Crippen LogP contribution is 2.33. The van der Waals surface area contributed by atoms with E-state index in [4.69, 9.17) is 4.74 Å². The zero-order chi connectivity index (χ0) is 25.2. The first-order chi connectivity index (χ1) is 16.8. The van der Waals surface area contributed by atoms with Gasteiger partial charge in [0.15, 0.2) is 11.3 Å². The van der Waals surface area contributed by atoms with Crippen molar-refractivity contribution in [3.05, 3.63) is 94.8 Å². The van der Waals surface area contributed by atoms with Gasteiger partial charge in [-0.25, -0.2) is 4.79 Å². The summed E-state index contributed by atoms with van der Waals surface area (Å²) in [6.07, 6.45) is 0.288. The molecule has 0 spiro atoms. The van der Waals surface area contributed by atoms with Gasteiger partial charge in [-0.15, -0.1) is 0 Å². The van der Waals surface area contributed by atoms with Crippen molar-refractivity contribution < 1.29 is 19.1 Å². The van der Waals surface area contributed by atoms with Gasteiger partial charge in [-0.3, -0.25) is 14.5 Å². The van der Waals surface area contributed by atoms with Gasteiger partial charge in [0, 0.05) is 30.5 Å². The highest BCUT2D eigenvalue weighted by atomic mass is 16.5. The fourth-order valence-electron chi connectivity index (χ4n) is 5.09. The summed E-state index contributed by atoms with van der Waals surface area (Å²) in [5.41, 5.74) is 2.55. The molecule has 3 amide bonds. The standard InChI is InChI=1S/C28H31N3O4/c1-19-15-24(21(3)31(19)20(2)18-35-4)25(32)17-30-26(33)28(29-27(30)34,23-13-9-6-10-14-23)16-22-11-7-5-8-12-22/h5-15,20H,16-18H2,1-4H3,(H,29,34). The maximum Gasteiger partial charge on any atom is 0.325 e. The summed E-state index contributed by atoms with van der Waals surface area (Å²) in [5, 5.41) is 2.92. The van der Waals surface area contributed by atoms with Crippen LogP contribution in [0.4, 0.5) is 4.79 Å². The number of hydrogen-bond acceptors (Lipinski definition) is 4. The molecular weight excluding hydrogens is 442 g/mol. The Balaban J connectivity index is 1.65. The number of ketones is 1. The second-order valence-corrected chi connectivity index (χ2v) is 9.14. The molecule has 1 N–H and O–H groups in total. The average molecular weight is 474 g/mol. The molecule has 0 bridgehead atoms. The van der Waals surface area contributed by atoms with E-state index in [1.807, 2.05) is 92.1 Å². The Bertz CT molecular complexity index is 1240. The van der Waals surface area contributed by atoms with E-state index in [0.717, 1.165) is 21.9 Å². The molecule has 4 rings (SSSR count). The number of methoxy groups -OCH3 is 1. The normalized spacial score (nSPS) is 18.6. The summed E-state index contributed by atoms with van der Waals surface area (Å²) in [6.45, 7) is 6.02. The minimum absolute atomic E-state index is 0.0508. The predicted molar refractivity (Wildman–Crippen MR) is 133 cm³/mol. The minimum Gasteiger partial charge on any atom is -0.383 e. The first kappa shape index (κ1) is 24.4. The zero-order valence-electron chi connectivity index (χ0n) is 20.6. The van der Waals surface area contributed by atoms with Gasteiger partial charge in [-0.2, -0.15) is 0 Å². The fourth-order valence-corrected chi connectivity index (χ4v) is 5.09. The molecule has 2 aromatic carbocycles. The number of imide groups is 1. The van der Waals surface area contributed by atoms with Crippen molar-refractivity contribution in [1.29, 1.82) is 0 Å². The van der Waals surface area contributed by atoms with E-state index in [1.54, 1.807) is 7.11 Å². The molecule has 1 fully saturated rings. The lowest BCUT2D eigenvalue weighted by molar-refractivity contribution is -0.131. The summed E-state index contributed by atoms with van der Waals surface area (Å²) < 4.78 is 7.32. The number of aromatic nitrogens is 1. The van der Waals surface area contributed by atoms with Gasteiger partial charge in [-0.1, -0.05) is 60.7 Å². The van der Waals surface area contributed by atoms with E-state index >= 15 is 0 Å². The minimum atomic E-state index is -1.27. The molecule has 1 saturated heterocycles. The van der Waals surface area contributed by atoms with Crippen molar-refractivity contribution in [2.45, 2.75) is 38.8 Å². The molecule has 1 aliphatic rings. The molecule has 3 aromatic rings. The van der Waals surface area contributed by atoms with Crippen LogP contribution in [0.5, 0.6) is 0 Å². The number of ether oxygens (including phenoxy) is 1. The summed E-state index contributed by atoms with van der Waals surface area (Å²) in [7, 11) is 1.64. The van der Waals surface area contributed by atoms with Crippen LogP contribution in [-0.4, -0.2) is 47.4 Å². The largest absolute Gasteiger partial charge is 0.383 e. The highest BCUT2D eigenvalue weighted by molar-refractivity contribution is 6.11. The topological polar surface area (TPSA) is 80.6 Å². The summed E-state index contributed by atoms with van der Waals surface area (Å²) >= 11 is 0. The average Bonchev–Trinajstić information content (AvgIpc) is 3.28. The Labute approximate surface area is 205 Å². The van der Waals surface area contributed by atoms with Gasteiger partial charge < -0.3 is 14.6 Å². The highest BCUT2D eigenvalue weighted by Gasteiger charge is 2.52. The zero-order valence-corrected chi connectivity index (χ0v) is 20.6. The number of carbonyl (C=O) groups is 3. The van der Waals surface area contributed by atoms with Gasteiger partial charge in [0.2, 0.25) is 0 Å². The number of Topliss-reactive ketones (excluding diaryl/α,β-unsaturated/α-hetero) is 1. The van der Waals surface area contributed by atoms with E-state index in [-0.39, 0.29) is 24.8 Å². The lowest BCUT2D eigenvalue weighted by Gasteiger charge is -2.27. The predicted octanol–water partition coefficient (Wildman–Crippen LogP) is 4.19. The molecule has 2 heterocycles. The number of hydrogen-bond donors (Lipinski definition) is 1. The van der Waals surface area contributed by atoms with E-state index in [9.17, 15) is 14.4 Å². The quantitative estimate of drug-likeness (QED) is 0.373. The lowest BCUT2D eigenvalue weighted by Crippen LogP contribution is -2.46. The molecule has 1 aromatic heterocycles. The van der Waals surface area contributed by atoms with Crippen molar-refractivity contribution in [3.8, 4) is 0 Å². The third kappa shape index (κ3) is 4.51. The molecule has 7 heteroatoms. The van der Waals surface area contributed by atoms with Crippen molar-refractivity contribution in [2.75, 3.05) is 20.3 Å². The Hall–Kier alpha value is -3.71. The second-order valence-electron chi connectivity index (χ2n) is 9.14. The van der Waals surface area contributed by atoms with Crippen LogP contribution in [0.2, 0.25) is 0 Å². The molecule has 2 atom stereocenters. The van der Waals surface area contributed by atoms with Gasteiger partial charge in [0.05, 0.1) is 19.2 Å². The number of nitrogens with one attached hydrogen (secondary N) is 1. The third-order valence-corrected chi connectivity index (χ3v) is 6.69. The fraction of sp³-hybridized carbons (Fsp3) is 0.321. The van der Waals surface area contributed by atoms with Crippen LogP contribution >= 0.6 is 0 Å². The summed E-state index contributed by atoms with van der Waals surface area (Å²) in [4.78, 5) is 41.3. The van der Waals surface area contributed by atoms with Crippen LogP contribution in [0, 0.1) is 13.8 Å². The molecule has 1 aliphatic heterocycles. The number of benzene rings is 2. The first-order valence-corrected chi connectivity index (χ1v) is 11.7. The van der Waals surface area contributed by atoms with Crippen molar-refractivity contribution in [3.63, 3.8) is 0 Å². The van der Waals surface area contributed by atoms with Crippen molar-refractivity contribution >= 4 is 17.7 Å². The Morgan fingerprint density at radius 1 is 1.03 bits per heavy atom. The number of nitrogens with zero attached hydrogens (tertiary/aromatic N) is 2. The van der Waals surface area contributed by atoms with E-state index in [0.29, 0.717) is 17.7 Å². The van der Waals surface area contributed by atoms with Gasteiger partial charge in [-0.05, 0) is 38.0 Å². The number of aryl methyl sites for hydroxylation is 1. The summed E-state index contributed by atoms with van der Waals surface area (Å²) in [6, 6.07) is 20.1. The second kappa shape index (κ2) is 9.88. The van der Waals surface area contributed by atoms with Gasteiger partial charge in [0.1, 0.15) is 0 Å². The Morgan fingerprint density at radius 2 is 1.66 bits per heavy atom. The lowest BCUT2D eigenvalue weighted by atomic mass is 9.83. The van der Waals surface area contributed by atoms with Crippen molar-refractivity contribution in [2.24, 2.45) is 0 Å². The molecule has 35 heavy (non-hydrogen) atoms. The van der Waals surface area contributed by atoms with Crippen LogP contribution in [0.1, 0.15) is 45.8 Å². The van der Waals surface area contributed by atoms with E-state index < -0.39 is 17.5 Å². The number of urea groups is 1. The third-order valence-electron chi connectivity index (χ3n) is 6.69. The Kier molecular flexibility index (Phi) is 6.89. The van der Waals surface area contributed by atoms with Crippen LogP contribution in [0.15, 0.2) is 66.7 Å². The van der Waals surface area contributed by atoms with Crippen molar-refractivity contribution in [1.82, 2.24) is 14.8 Å². The van der Waals surface area contributed by atoms with Gasteiger partial charge in [0.25, 0.3) is 5.91 Å². The maximum absolute atomic E-state index is 13.8. The van der Waals surface area contributed by atoms with Crippen LogP contribution < -0.4 is 5.32 Å². The number of carbonyl (C=O) groups excluding carboxylic acids is 3. The van der Waals surface area contributed by atoms with Gasteiger partial charge >= 0.3 is 6.03 Å². The molecule has 0 saturated carbocycles. The van der Waals surface area contributed by atoms with E-state index in [2.05, 4.69) is 5.32 Å². The molecule has 0 radical (unpaired) electrons.